The van der Waals surface area contributed by atoms with Gasteiger partial charge in [0.2, 0.25) is 5.95 Å². The summed E-state index contributed by atoms with van der Waals surface area (Å²) in [6.07, 6.45) is -0.427. The summed E-state index contributed by atoms with van der Waals surface area (Å²) < 4.78 is 0. The Morgan fingerprint density at radius 1 is 1.40 bits per heavy atom. The highest BCUT2D eigenvalue weighted by atomic mass is 16.3. The van der Waals surface area contributed by atoms with Gasteiger partial charge >= 0.3 is 0 Å². The molecule has 1 unspecified atom stereocenters. The molecule has 0 aliphatic carbocycles. The van der Waals surface area contributed by atoms with Crippen molar-refractivity contribution in [3.05, 3.63) is 6.07 Å². The normalized spacial score (nSPS) is 12.2. The molecule has 0 saturated heterocycles. The lowest BCUT2D eigenvalue weighted by Crippen LogP contribution is -2.17. The molecule has 0 aromatic carbocycles. The van der Waals surface area contributed by atoms with Crippen LogP contribution < -0.4 is 16.4 Å². The van der Waals surface area contributed by atoms with Crippen molar-refractivity contribution in [1.29, 1.82) is 0 Å². The second-order valence-corrected chi connectivity index (χ2v) is 3.26. The number of rotatable bonds is 5. The molecule has 0 saturated carbocycles. The van der Waals surface area contributed by atoms with Gasteiger partial charge in [-0.2, -0.15) is 9.97 Å². The van der Waals surface area contributed by atoms with Crippen LogP contribution in [-0.4, -0.2) is 34.3 Å². The molecule has 1 rings (SSSR count). The molecule has 0 spiro atoms. The number of nitrogen functional groups attached to an aromatic ring is 1. The summed E-state index contributed by atoms with van der Waals surface area (Å²) in [4.78, 5) is 8.00. The maximum absolute atomic E-state index is 9.10. The second kappa shape index (κ2) is 5.35. The smallest absolute Gasteiger partial charge is 0.223 e. The van der Waals surface area contributed by atoms with Gasteiger partial charge in [0, 0.05) is 19.2 Å². The number of hydrogen-bond donors (Lipinski definition) is 4. The molecule has 0 radical (unpaired) electrons. The molecule has 6 heteroatoms. The molecule has 1 aromatic heterocycles. The van der Waals surface area contributed by atoms with Gasteiger partial charge in [-0.25, -0.2) is 0 Å². The number of nitrogens with zero attached hydrogens (tertiary/aromatic N) is 2. The molecule has 15 heavy (non-hydrogen) atoms. The molecule has 1 atom stereocenters. The number of aliphatic hydroxyl groups is 1. The van der Waals surface area contributed by atoms with E-state index in [-0.39, 0.29) is 5.95 Å². The first-order valence-corrected chi connectivity index (χ1v) is 4.92. The second-order valence-electron chi connectivity index (χ2n) is 3.26. The summed E-state index contributed by atoms with van der Waals surface area (Å²) >= 11 is 0. The Kier molecular flexibility index (Phi) is 4.11. The maximum Gasteiger partial charge on any atom is 0.223 e. The lowest BCUT2D eigenvalue weighted by Gasteiger charge is -2.09. The Balaban J connectivity index is 2.70. The lowest BCUT2D eigenvalue weighted by molar-refractivity contribution is 0.208. The van der Waals surface area contributed by atoms with E-state index in [1.54, 1.807) is 13.0 Å². The van der Waals surface area contributed by atoms with Gasteiger partial charge in [-0.05, 0) is 13.8 Å². The summed E-state index contributed by atoms with van der Waals surface area (Å²) in [5.41, 5.74) is 5.53. The van der Waals surface area contributed by atoms with E-state index in [1.807, 2.05) is 6.92 Å². The van der Waals surface area contributed by atoms with Gasteiger partial charge in [0.1, 0.15) is 11.6 Å². The minimum Gasteiger partial charge on any atom is -0.392 e. The molecule has 0 aliphatic rings. The third-order valence-corrected chi connectivity index (χ3v) is 1.68. The van der Waals surface area contributed by atoms with Crippen molar-refractivity contribution in [1.82, 2.24) is 9.97 Å². The van der Waals surface area contributed by atoms with Crippen molar-refractivity contribution < 1.29 is 5.11 Å². The standard InChI is InChI=1S/C9H17N5O/c1-3-11-7-4-8(12-5-6(2)15)14-9(10)13-7/h4,6,15H,3,5H2,1-2H3,(H4,10,11,12,13,14). The maximum atomic E-state index is 9.10. The van der Waals surface area contributed by atoms with Gasteiger partial charge in [0.25, 0.3) is 0 Å². The van der Waals surface area contributed by atoms with E-state index in [0.717, 1.165) is 6.54 Å². The molecule has 1 aromatic rings. The molecule has 0 aliphatic heterocycles. The van der Waals surface area contributed by atoms with Crippen molar-refractivity contribution >= 4 is 17.6 Å². The zero-order valence-electron chi connectivity index (χ0n) is 8.99. The van der Waals surface area contributed by atoms with Crippen molar-refractivity contribution in [2.45, 2.75) is 20.0 Å². The molecular formula is C9H17N5O. The Labute approximate surface area is 88.9 Å². The fourth-order valence-corrected chi connectivity index (χ4v) is 1.08. The van der Waals surface area contributed by atoms with Gasteiger partial charge in [0.15, 0.2) is 0 Å². The van der Waals surface area contributed by atoms with Crippen molar-refractivity contribution in [3.8, 4) is 0 Å². The Bertz CT molecular complexity index is 315. The summed E-state index contributed by atoms with van der Waals surface area (Å²) in [5, 5.41) is 15.1. The van der Waals surface area contributed by atoms with Crippen LogP contribution in [0.2, 0.25) is 0 Å². The monoisotopic (exact) mass is 211 g/mol. The Morgan fingerprint density at radius 2 is 2.00 bits per heavy atom. The van der Waals surface area contributed by atoms with Gasteiger partial charge in [-0.1, -0.05) is 0 Å². The third kappa shape index (κ3) is 3.99. The molecule has 0 amide bonds. The number of anilines is 3. The highest BCUT2D eigenvalue weighted by Gasteiger charge is 2.02. The fraction of sp³-hybridized carbons (Fsp3) is 0.556. The molecule has 6 nitrogen and oxygen atoms in total. The summed E-state index contributed by atoms with van der Waals surface area (Å²) in [7, 11) is 0. The van der Waals surface area contributed by atoms with Crippen molar-refractivity contribution in [3.63, 3.8) is 0 Å². The number of nitrogens with one attached hydrogen (secondary N) is 2. The molecule has 1 heterocycles. The number of hydrogen-bond acceptors (Lipinski definition) is 6. The van der Waals surface area contributed by atoms with Crippen LogP contribution in [0, 0.1) is 0 Å². The Morgan fingerprint density at radius 3 is 2.53 bits per heavy atom. The van der Waals surface area contributed by atoms with Gasteiger partial charge in [-0.3, -0.25) is 0 Å². The van der Waals surface area contributed by atoms with E-state index >= 15 is 0 Å². The fourth-order valence-electron chi connectivity index (χ4n) is 1.08. The van der Waals surface area contributed by atoms with Crippen molar-refractivity contribution in [2.24, 2.45) is 0 Å². The van der Waals surface area contributed by atoms with Gasteiger partial charge < -0.3 is 21.5 Å². The zero-order valence-corrected chi connectivity index (χ0v) is 8.99. The minimum absolute atomic E-state index is 0.210. The largest absolute Gasteiger partial charge is 0.392 e. The van der Waals surface area contributed by atoms with Crippen LogP contribution in [0.5, 0.6) is 0 Å². The zero-order chi connectivity index (χ0) is 11.3. The van der Waals surface area contributed by atoms with Crippen LogP contribution in [0.25, 0.3) is 0 Å². The van der Waals surface area contributed by atoms with E-state index in [1.165, 1.54) is 0 Å². The molecule has 0 bridgehead atoms. The van der Waals surface area contributed by atoms with E-state index in [9.17, 15) is 0 Å². The Hall–Kier alpha value is -1.56. The van der Waals surface area contributed by atoms with E-state index in [2.05, 4.69) is 20.6 Å². The molecular weight excluding hydrogens is 194 g/mol. The highest BCUT2D eigenvalue weighted by Crippen LogP contribution is 2.11. The van der Waals surface area contributed by atoms with Crippen molar-refractivity contribution in [2.75, 3.05) is 29.5 Å². The predicted octanol–water partition coefficient (Wildman–Crippen LogP) is 0.283. The highest BCUT2D eigenvalue weighted by molar-refractivity contribution is 5.50. The average Bonchev–Trinajstić information content (AvgIpc) is 2.14. The van der Waals surface area contributed by atoms with E-state index in [0.29, 0.717) is 18.2 Å². The summed E-state index contributed by atoms with van der Waals surface area (Å²) in [6.45, 7) is 4.87. The first kappa shape index (κ1) is 11.5. The quantitative estimate of drug-likeness (QED) is 0.559. The first-order chi connectivity index (χ1) is 7.11. The average molecular weight is 211 g/mol. The van der Waals surface area contributed by atoms with E-state index < -0.39 is 6.10 Å². The van der Waals surface area contributed by atoms with Crippen LogP contribution in [-0.2, 0) is 0 Å². The lowest BCUT2D eigenvalue weighted by atomic mass is 10.4. The summed E-state index contributed by atoms with van der Waals surface area (Å²) in [6, 6.07) is 1.75. The minimum atomic E-state index is -0.427. The first-order valence-electron chi connectivity index (χ1n) is 4.92. The van der Waals surface area contributed by atoms with Crippen LogP contribution in [0.4, 0.5) is 17.6 Å². The molecule has 0 fully saturated rings. The topological polar surface area (TPSA) is 96.1 Å². The molecule has 5 N–H and O–H groups in total. The van der Waals surface area contributed by atoms with Crippen LogP contribution in [0.15, 0.2) is 6.07 Å². The van der Waals surface area contributed by atoms with Crippen LogP contribution in [0.3, 0.4) is 0 Å². The molecule has 84 valence electrons. The third-order valence-electron chi connectivity index (χ3n) is 1.68. The predicted molar refractivity (Wildman–Crippen MR) is 60.8 cm³/mol. The van der Waals surface area contributed by atoms with Crippen LogP contribution in [0.1, 0.15) is 13.8 Å². The van der Waals surface area contributed by atoms with E-state index in [4.69, 9.17) is 10.8 Å². The van der Waals surface area contributed by atoms with Gasteiger partial charge in [0.05, 0.1) is 6.10 Å². The summed E-state index contributed by atoms with van der Waals surface area (Å²) in [5.74, 6) is 1.50. The number of aliphatic hydroxyl groups excluding tert-OH is 1. The number of nitrogens with two attached hydrogens (primary N) is 1. The van der Waals surface area contributed by atoms with Gasteiger partial charge in [-0.15, -0.1) is 0 Å². The SMILES string of the molecule is CCNc1cc(NCC(C)O)nc(N)n1. The number of aromatic nitrogens is 2. The van der Waals surface area contributed by atoms with Crippen LogP contribution >= 0.6 is 0 Å².